The molecule has 0 bridgehead atoms. The lowest BCUT2D eigenvalue weighted by Gasteiger charge is -2.32. The van der Waals surface area contributed by atoms with Crippen LogP contribution in [0, 0.1) is 11.8 Å². The van der Waals surface area contributed by atoms with Gasteiger partial charge in [0.25, 0.3) is 5.91 Å². The molecular weight excluding hydrogens is 368 g/mol. The van der Waals surface area contributed by atoms with Crippen molar-refractivity contribution < 1.29 is 19.5 Å². The fraction of sp³-hybridized carbons (Fsp3) is 0.348. The van der Waals surface area contributed by atoms with Gasteiger partial charge in [-0.2, -0.15) is 0 Å². The van der Waals surface area contributed by atoms with Crippen LogP contribution in [0.25, 0.3) is 0 Å². The van der Waals surface area contributed by atoms with E-state index in [1.807, 2.05) is 42.5 Å². The molecule has 1 unspecified atom stereocenters. The first-order valence-electron chi connectivity index (χ1n) is 10.0. The van der Waals surface area contributed by atoms with E-state index in [4.69, 9.17) is 5.11 Å². The van der Waals surface area contributed by atoms with Gasteiger partial charge in [-0.05, 0) is 55.0 Å². The molecule has 29 heavy (non-hydrogen) atoms. The van der Waals surface area contributed by atoms with Crippen molar-refractivity contribution in [2.45, 2.75) is 25.2 Å². The summed E-state index contributed by atoms with van der Waals surface area (Å²) in [5.74, 6) is -1.32. The summed E-state index contributed by atoms with van der Waals surface area (Å²) in [6, 6.07) is 16.5. The van der Waals surface area contributed by atoms with Crippen LogP contribution in [0.2, 0.25) is 0 Å². The van der Waals surface area contributed by atoms with E-state index < -0.39 is 5.97 Å². The second-order valence-corrected chi connectivity index (χ2v) is 7.85. The van der Waals surface area contributed by atoms with Crippen molar-refractivity contribution in [2.75, 3.05) is 18.4 Å². The molecule has 1 saturated carbocycles. The number of carbonyl (C=O) groups excluding carboxylic acids is 2. The van der Waals surface area contributed by atoms with E-state index in [0.29, 0.717) is 30.8 Å². The maximum absolute atomic E-state index is 12.7. The summed E-state index contributed by atoms with van der Waals surface area (Å²) >= 11 is 0. The summed E-state index contributed by atoms with van der Waals surface area (Å²) in [6.07, 6.45) is 2.23. The highest BCUT2D eigenvalue weighted by atomic mass is 16.4. The molecule has 0 spiro atoms. The van der Waals surface area contributed by atoms with Gasteiger partial charge in [0.05, 0.1) is 11.8 Å². The van der Waals surface area contributed by atoms with E-state index in [0.717, 1.165) is 18.4 Å². The van der Waals surface area contributed by atoms with Crippen molar-refractivity contribution in [2.24, 2.45) is 11.8 Å². The monoisotopic (exact) mass is 392 g/mol. The minimum atomic E-state index is -0.751. The van der Waals surface area contributed by atoms with Crippen LogP contribution in [0.3, 0.4) is 0 Å². The number of carboxylic acid groups (broad SMARTS) is 1. The van der Waals surface area contributed by atoms with Crippen LogP contribution in [0.5, 0.6) is 0 Å². The Bertz CT molecular complexity index is 910. The number of hydrogen-bond donors (Lipinski definition) is 2. The maximum Gasteiger partial charge on any atom is 0.307 e. The van der Waals surface area contributed by atoms with Crippen molar-refractivity contribution in [3.8, 4) is 0 Å². The Balaban J connectivity index is 1.35. The SMILES string of the molecule is O=C(Nc1ccc([C@@H]2C[C@H]2C(=O)O)cc1)C1CCCN(C(=O)c2ccccc2)C1. The predicted octanol–water partition coefficient (Wildman–Crippen LogP) is 3.37. The molecule has 6 nitrogen and oxygen atoms in total. The Kier molecular flexibility index (Phi) is 5.34. The standard InChI is InChI=1S/C23H24N2O4/c26-21(24-18-10-8-15(9-11-18)19-13-20(19)23(28)29)17-7-4-12-25(14-17)22(27)16-5-2-1-3-6-16/h1-3,5-6,8-11,17,19-20H,4,7,12-14H2,(H,24,26)(H,28,29)/t17?,19-,20+/m0/s1. The van der Waals surface area contributed by atoms with Gasteiger partial charge in [-0.15, -0.1) is 0 Å². The number of hydrogen-bond acceptors (Lipinski definition) is 3. The minimum Gasteiger partial charge on any atom is -0.481 e. The fourth-order valence-electron chi connectivity index (χ4n) is 4.03. The Hall–Kier alpha value is -3.15. The number of nitrogens with zero attached hydrogens (tertiary/aromatic N) is 1. The van der Waals surface area contributed by atoms with Crippen LogP contribution in [0.1, 0.15) is 41.1 Å². The van der Waals surface area contributed by atoms with Crippen molar-refractivity contribution in [1.29, 1.82) is 0 Å². The molecule has 4 rings (SSSR count). The minimum absolute atomic E-state index is 0.0372. The van der Waals surface area contributed by atoms with Crippen molar-refractivity contribution in [3.63, 3.8) is 0 Å². The molecule has 3 atom stereocenters. The summed E-state index contributed by atoms with van der Waals surface area (Å²) in [5.41, 5.74) is 2.33. The number of nitrogens with one attached hydrogen (secondary N) is 1. The van der Waals surface area contributed by atoms with Crippen LogP contribution in [0.4, 0.5) is 5.69 Å². The van der Waals surface area contributed by atoms with E-state index in [2.05, 4.69) is 5.32 Å². The van der Waals surface area contributed by atoms with E-state index in [1.54, 1.807) is 17.0 Å². The largest absolute Gasteiger partial charge is 0.481 e. The zero-order valence-electron chi connectivity index (χ0n) is 16.1. The van der Waals surface area contributed by atoms with Gasteiger partial charge >= 0.3 is 5.97 Å². The maximum atomic E-state index is 12.7. The van der Waals surface area contributed by atoms with Crippen molar-refractivity contribution in [1.82, 2.24) is 4.90 Å². The van der Waals surface area contributed by atoms with Crippen LogP contribution in [0.15, 0.2) is 54.6 Å². The highest BCUT2D eigenvalue weighted by molar-refractivity contribution is 5.96. The number of rotatable bonds is 5. The summed E-state index contributed by atoms with van der Waals surface area (Å²) < 4.78 is 0. The first kappa shape index (κ1) is 19.2. The zero-order chi connectivity index (χ0) is 20.4. The van der Waals surface area contributed by atoms with Crippen LogP contribution in [-0.4, -0.2) is 40.9 Å². The Morgan fingerprint density at radius 2 is 1.72 bits per heavy atom. The summed E-state index contributed by atoms with van der Waals surface area (Å²) in [6.45, 7) is 1.08. The van der Waals surface area contributed by atoms with Gasteiger partial charge in [-0.3, -0.25) is 14.4 Å². The molecule has 150 valence electrons. The quantitative estimate of drug-likeness (QED) is 0.817. The van der Waals surface area contributed by atoms with Gasteiger partial charge in [0.1, 0.15) is 0 Å². The molecule has 2 aromatic rings. The number of aliphatic carboxylic acids is 1. The van der Waals surface area contributed by atoms with Crippen LogP contribution in [-0.2, 0) is 9.59 Å². The second kappa shape index (κ2) is 8.07. The van der Waals surface area contributed by atoms with Gasteiger partial charge in [-0.1, -0.05) is 30.3 Å². The molecule has 0 radical (unpaired) electrons. The fourth-order valence-corrected chi connectivity index (χ4v) is 4.03. The van der Waals surface area contributed by atoms with E-state index in [1.165, 1.54) is 0 Å². The number of amides is 2. The van der Waals surface area contributed by atoms with E-state index >= 15 is 0 Å². The third-order valence-electron chi connectivity index (χ3n) is 5.81. The molecule has 2 N–H and O–H groups in total. The van der Waals surface area contributed by atoms with Crippen molar-refractivity contribution >= 4 is 23.5 Å². The highest BCUT2D eigenvalue weighted by Gasteiger charge is 2.44. The highest BCUT2D eigenvalue weighted by Crippen LogP contribution is 2.47. The van der Waals surface area contributed by atoms with Gasteiger partial charge in [0.15, 0.2) is 0 Å². The lowest BCUT2D eigenvalue weighted by atomic mass is 9.96. The number of likely N-dealkylation sites (tertiary alicyclic amines) is 1. The normalized spacial score (nSPS) is 23.3. The molecule has 2 aromatic carbocycles. The number of carbonyl (C=O) groups is 3. The number of carboxylic acids is 1. The van der Waals surface area contributed by atoms with Gasteiger partial charge in [-0.25, -0.2) is 0 Å². The summed E-state index contributed by atoms with van der Waals surface area (Å²) in [7, 11) is 0. The summed E-state index contributed by atoms with van der Waals surface area (Å²) in [5, 5.41) is 12.0. The van der Waals surface area contributed by atoms with Crippen LogP contribution < -0.4 is 5.32 Å². The average molecular weight is 392 g/mol. The number of piperidine rings is 1. The Morgan fingerprint density at radius 3 is 2.38 bits per heavy atom. The van der Waals surface area contributed by atoms with Gasteiger partial charge in [0.2, 0.25) is 5.91 Å². The number of benzene rings is 2. The molecule has 2 fully saturated rings. The molecular formula is C23H24N2O4. The van der Waals surface area contributed by atoms with E-state index in [-0.39, 0.29) is 29.6 Å². The average Bonchev–Trinajstić information content (AvgIpc) is 3.56. The lowest BCUT2D eigenvalue weighted by Crippen LogP contribution is -2.43. The molecule has 6 heteroatoms. The van der Waals surface area contributed by atoms with E-state index in [9.17, 15) is 14.4 Å². The van der Waals surface area contributed by atoms with Crippen molar-refractivity contribution in [3.05, 3.63) is 65.7 Å². The molecule has 2 amide bonds. The summed E-state index contributed by atoms with van der Waals surface area (Å²) in [4.78, 5) is 38.1. The first-order chi connectivity index (χ1) is 14.0. The lowest BCUT2D eigenvalue weighted by molar-refractivity contribution is -0.138. The Morgan fingerprint density at radius 1 is 1.00 bits per heavy atom. The third-order valence-corrected chi connectivity index (χ3v) is 5.81. The molecule has 0 aromatic heterocycles. The second-order valence-electron chi connectivity index (χ2n) is 7.85. The smallest absolute Gasteiger partial charge is 0.307 e. The molecule has 2 aliphatic rings. The van der Waals surface area contributed by atoms with Gasteiger partial charge < -0.3 is 15.3 Å². The first-order valence-corrected chi connectivity index (χ1v) is 10.0. The molecule has 1 saturated heterocycles. The molecule has 1 aliphatic heterocycles. The Labute approximate surface area is 169 Å². The topological polar surface area (TPSA) is 86.7 Å². The van der Waals surface area contributed by atoms with Crippen LogP contribution >= 0.6 is 0 Å². The number of anilines is 1. The zero-order valence-corrected chi connectivity index (χ0v) is 16.1. The molecule has 1 aliphatic carbocycles. The molecule has 1 heterocycles. The van der Waals surface area contributed by atoms with Gasteiger partial charge in [0, 0.05) is 24.3 Å². The predicted molar refractivity (Wildman–Crippen MR) is 109 cm³/mol. The third kappa shape index (κ3) is 4.31.